The molecule has 0 aliphatic carbocycles. The summed E-state index contributed by atoms with van der Waals surface area (Å²) in [4.78, 5) is 4.19. The lowest BCUT2D eigenvalue weighted by Crippen LogP contribution is -2.21. The molecular formula is C17H18Cl2N2O. The SMILES string of the molecule is Cc1ccc(O[C@H](c2cncc(Cl)c2)[C@@H]2CCNC2)c(Cl)c1. The topological polar surface area (TPSA) is 34.1 Å². The van der Waals surface area contributed by atoms with E-state index in [0.29, 0.717) is 21.7 Å². The van der Waals surface area contributed by atoms with E-state index in [1.54, 1.807) is 6.20 Å². The predicted octanol–water partition coefficient (Wildman–Crippen LogP) is 4.43. The molecule has 1 aliphatic rings. The number of halogens is 2. The molecule has 116 valence electrons. The zero-order valence-corrected chi connectivity index (χ0v) is 13.9. The summed E-state index contributed by atoms with van der Waals surface area (Å²) < 4.78 is 6.25. The van der Waals surface area contributed by atoms with Crippen molar-refractivity contribution in [1.29, 1.82) is 0 Å². The molecule has 2 aromatic rings. The van der Waals surface area contributed by atoms with Crippen molar-refractivity contribution in [2.24, 2.45) is 5.92 Å². The highest BCUT2D eigenvalue weighted by Crippen LogP contribution is 2.35. The van der Waals surface area contributed by atoms with Crippen LogP contribution in [-0.4, -0.2) is 18.1 Å². The van der Waals surface area contributed by atoms with Gasteiger partial charge in [-0.15, -0.1) is 0 Å². The quantitative estimate of drug-likeness (QED) is 0.896. The largest absolute Gasteiger partial charge is 0.484 e. The van der Waals surface area contributed by atoms with E-state index in [1.807, 2.05) is 37.4 Å². The Hall–Kier alpha value is -1.29. The number of hydrogen-bond acceptors (Lipinski definition) is 3. The van der Waals surface area contributed by atoms with Crippen LogP contribution < -0.4 is 10.1 Å². The molecule has 1 N–H and O–H groups in total. The van der Waals surface area contributed by atoms with Gasteiger partial charge >= 0.3 is 0 Å². The highest BCUT2D eigenvalue weighted by atomic mass is 35.5. The highest BCUT2D eigenvalue weighted by Gasteiger charge is 2.29. The first-order chi connectivity index (χ1) is 10.6. The third kappa shape index (κ3) is 3.54. The third-order valence-corrected chi connectivity index (χ3v) is 4.42. The molecule has 0 bridgehead atoms. The average Bonchev–Trinajstić information content (AvgIpc) is 3.00. The number of aromatic nitrogens is 1. The number of hydrogen-bond donors (Lipinski definition) is 1. The van der Waals surface area contributed by atoms with Crippen molar-refractivity contribution in [3.63, 3.8) is 0 Å². The Morgan fingerprint density at radius 1 is 1.27 bits per heavy atom. The maximum Gasteiger partial charge on any atom is 0.138 e. The molecule has 1 saturated heterocycles. The fourth-order valence-corrected chi connectivity index (χ4v) is 3.26. The lowest BCUT2D eigenvalue weighted by atomic mass is 9.96. The summed E-state index contributed by atoms with van der Waals surface area (Å²) in [7, 11) is 0. The zero-order valence-electron chi connectivity index (χ0n) is 12.4. The molecule has 5 heteroatoms. The summed E-state index contributed by atoms with van der Waals surface area (Å²) in [6.07, 6.45) is 4.40. The number of ether oxygens (including phenoxy) is 1. The van der Waals surface area contributed by atoms with Crippen molar-refractivity contribution in [2.75, 3.05) is 13.1 Å². The Balaban J connectivity index is 1.91. The fraction of sp³-hybridized carbons (Fsp3) is 0.353. The van der Waals surface area contributed by atoms with Gasteiger partial charge < -0.3 is 10.1 Å². The number of benzene rings is 1. The van der Waals surface area contributed by atoms with E-state index >= 15 is 0 Å². The van der Waals surface area contributed by atoms with Gasteiger partial charge in [-0.05, 0) is 43.7 Å². The van der Waals surface area contributed by atoms with Gasteiger partial charge in [0.1, 0.15) is 11.9 Å². The maximum absolute atomic E-state index is 6.32. The predicted molar refractivity (Wildman–Crippen MR) is 89.8 cm³/mol. The molecule has 2 atom stereocenters. The van der Waals surface area contributed by atoms with E-state index in [4.69, 9.17) is 27.9 Å². The van der Waals surface area contributed by atoms with Crippen LogP contribution in [-0.2, 0) is 0 Å². The van der Waals surface area contributed by atoms with Crippen LogP contribution in [0.5, 0.6) is 5.75 Å². The van der Waals surface area contributed by atoms with Crippen molar-refractivity contribution >= 4 is 23.2 Å². The molecule has 0 unspecified atom stereocenters. The number of pyridine rings is 1. The molecule has 0 spiro atoms. The normalized spacial score (nSPS) is 19.1. The molecule has 0 amide bonds. The van der Waals surface area contributed by atoms with Crippen LogP contribution >= 0.6 is 23.2 Å². The summed E-state index contributed by atoms with van der Waals surface area (Å²) in [6, 6.07) is 7.75. The van der Waals surface area contributed by atoms with Crippen molar-refractivity contribution in [1.82, 2.24) is 10.3 Å². The van der Waals surface area contributed by atoms with Gasteiger partial charge in [0.05, 0.1) is 10.0 Å². The standard InChI is InChI=1S/C17H18Cl2N2O/c1-11-2-3-16(15(19)6-11)22-17(12-4-5-20-8-12)13-7-14(18)10-21-9-13/h2-3,6-7,9-10,12,17,20H,4-5,8H2,1H3/t12-,17+/m1/s1. The van der Waals surface area contributed by atoms with Crippen molar-refractivity contribution < 1.29 is 4.74 Å². The van der Waals surface area contributed by atoms with Crippen LogP contribution in [0, 0.1) is 12.8 Å². The molecular weight excluding hydrogens is 319 g/mol. The summed E-state index contributed by atoms with van der Waals surface area (Å²) in [5.41, 5.74) is 2.10. The third-order valence-electron chi connectivity index (χ3n) is 3.92. The minimum atomic E-state index is -0.110. The van der Waals surface area contributed by atoms with E-state index in [9.17, 15) is 0 Å². The summed E-state index contributed by atoms with van der Waals surface area (Å²) >= 11 is 12.4. The van der Waals surface area contributed by atoms with Crippen LogP contribution in [0.2, 0.25) is 10.0 Å². The van der Waals surface area contributed by atoms with Gasteiger partial charge in [0.25, 0.3) is 0 Å². The fourth-order valence-electron chi connectivity index (χ4n) is 2.79. The minimum Gasteiger partial charge on any atom is -0.484 e. The summed E-state index contributed by atoms with van der Waals surface area (Å²) in [5.74, 6) is 1.07. The van der Waals surface area contributed by atoms with Gasteiger partial charge in [0, 0.05) is 30.4 Å². The number of nitrogens with one attached hydrogen (secondary N) is 1. The summed E-state index contributed by atoms with van der Waals surface area (Å²) in [5, 5.41) is 4.63. The van der Waals surface area contributed by atoms with E-state index in [2.05, 4.69) is 10.3 Å². The van der Waals surface area contributed by atoms with E-state index in [-0.39, 0.29) is 6.10 Å². The Bertz CT molecular complexity index is 657. The van der Waals surface area contributed by atoms with Crippen molar-refractivity contribution in [3.05, 3.63) is 57.8 Å². The Morgan fingerprint density at radius 3 is 2.82 bits per heavy atom. The number of nitrogens with zero attached hydrogens (tertiary/aromatic N) is 1. The van der Waals surface area contributed by atoms with Gasteiger partial charge in [0.2, 0.25) is 0 Å². The first kappa shape index (κ1) is 15.6. The summed E-state index contributed by atoms with van der Waals surface area (Å²) in [6.45, 7) is 3.93. The second kappa shape index (κ2) is 6.86. The van der Waals surface area contributed by atoms with Gasteiger partial charge in [-0.1, -0.05) is 29.3 Å². The van der Waals surface area contributed by atoms with Crippen molar-refractivity contribution in [2.45, 2.75) is 19.4 Å². The van der Waals surface area contributed by atoms with E-state index in [1.165, 1.54) is 0 Å². The van der Waals surface area contributed by atoms with Crippen LogP contribution in [0.1, 0.15) is 23.7 Å². The zero-order chi connectivity index (χ0) is 15.5. The Morgan fingerprint density at radius 2 is 2.14 bits per heavy atom. The number of rotatable bonds is 4. The lowest BCUT2D eigenvalue weighted by molar-refractivity contribution is 0.144. The van der Waals surface area contributed by atoms with Gasteiger partial charge in [0.15, 0.2) is 0 Å². The second-order valence-electron chi connectivity index (χ2n) is 5.66. The first-order valence-electron chi connectivity index (χ1n) is 7.37. The lowest BCUT2D eigenvalue weighted by Gasteiger charge is -2.25. The van der Waals surface area contributed by atoms with Gasteiger partial charge in [-0.3, -0.25) is 4.98 Å². The van der Waals surface area contributed by atoms with Crippen LogP contribution in [0.25, 0.3) is 0 Å². The Labute approximate surface area is 140 Å². The molecule has 1 aromatic heterocycles. The second-order valence-corrected chi connectivity index (χ2v) is 6.51. The van der Waals surface area contributed by atoms with Crippen LogP contribution in [0.4, 0.5) is 0 Å². The van der Waals surface area contributed by atoms with Crippen LogP contribution in [0.3, 0.4) is 0 Å². The minimum absolute atomic E-state index is 0.110. The maximum atomic E-state index is 6.32. The first-order valence-corrected chi connectivity index (χ1v) is 8.13. The molecule has 2 heterocycles. The van der Waals surface area contributed by atoms with E-state index < -0.39 is 0 Å². The van der Waals surface area contributed by atoms with Crippen molar-refractivity contribution in [3.8, 4) is 5.75 Å². The molecule has 0 saturated carbocycles. The molecule has 1 aliphatic heterocycles. The molecule has 0 radical (unpaired) electrons. The number of aryl methyl sites for hydroxylation is 1. The highest BCUT2D eigenvalue weighted by molar-refractivity contribution is 6.32. The monoisotopic (exact) mass is 336 g/mol. The molecule has 3 nitrogen and oxygen atoms in total. The van der Waals surface area contributed by atoms with Crippen LogP contribution in [0.15, 0.2) is 36.7 Å². The van der Waals surface area contributed by atoms with Gasteiger partial charge in [-0.25, -0.2) is 0 Å². The molecule has 1 aromatic carbocycles. The molecule has 22 heavy (non-hydrogen) atoms. The average molecular weight is 337 g/mol. The molecule has 3 rings (SSSR count). The molecule has 1 fully saturated rings. The Kier molecular flexibility index (Phi) is 4.87. The smallest absolute Gasteiger partial charge is 0.138 e. The van der Waals surface area contributed by atoms with E-state index in [0.717, 1.165) is 30.6 Å². The van der Waals surface area contributed by atoms with Gasteiger partial charge in [-0.2, -0.15) is 0 Å².